The van der Waals surface area contributed by atoms with Gasteiger partial charge in [0.25, 0.3) is 5.91 Å². The lowest BCUT2D eigenvalue weighted by Crippen LogP contribution is -2.31. The minimum Gasteiger partial charge on any atom is -0.497 e. The molecule has 0 saturated carbocycles. The Balaban J connectivity index is 1.88. The van der Waals surface area contributed by atoms with Crippen molar-refractivity contribution in [3.8, 4) is 17.2 Å². The van der Waals surface area contributed by atoms with E-state index in [1.54, 1.807) is 55.6 Å². The first-order valence-electron chi connectivity index (χ1n) is 8.97. The molecule has 8 nitrogen and oxygen atoms in total. The Labute approximate surface area is 168 Å². The zero-order valence-electron chi connectivity index (χ0n) is 16.2. The van der Waals surface area contributed by atoms with Crippen molar-refractivity contribution in [2.24, 2.45) is 0 Å². The van der Waals surface area contributed by atoms with Gasteiger partial charge >= 0.3 is 5.97 Å². The second kappa shape index (κ2) is 9.11. The van der Waals surface area contributed by atoms with Crippen LogP contribution < -0.4 is 14.8 Å². The maximum atomic E-state index is 12.7. The predicted molar refractivity (Wildman–Crippen MR) is 106 cm³/mol. The molecule has 8 heteroatoms. The third-order valence-electron chi connectivity index (χ3n) is 4.39. The zero-order chi connectivity index (χ0) is 20.8. The van der Waals surface area contributed by atoms with Crippen LogP contribution in [0.15, 0.2) is 59.8 Å². The Hall–Kier alpha value is -3.52. The molecule has 29 heavy (non-hydrogen) atoms. The summed E-state index contributed by atoms with van der Waals surface area (Å²) >= 11 is 0. The molecule has 1 heterocycles. The number of para-hydroxylation sites is 2. The van der Waals surface area contributed by atoms with Crippen molar-refractivity contribution in [1.82, 2.24) is 4.90 Å². The van der Waals surface area contributed by atoms with E-state index in [-0.39, 0.29) is 31.0 Å². The number of nitrogens with zero attached hydrogens (tertiary/aromatic N) is 1. The van der Waals surface area contributed by atoms with Crippen LogP contribution in [-0.2, 0) is 14.3 Å². The number of anilines is 1. The van der Waals surface area contributed by atoms with E-state index in [0.29, 0.717) is 22.9 Å². The van der Waals surface area contributed by atoms with Crippen LogP contribution in [0.2, 0.25) is 0 Å². The van der Waals surface area contributed by atoms with Gasteiger partial charge in [0, 0.05) is 6.54 Å². The van der Waals surface area contributed by atoms with Gasteiger partial charge in [0.15, 0.2) is 5.75 Å². The van der Waals surface area contributed by atoms with E-state index in [0.717, 1.165) is 0 Å². The van der Waals surface area contributed by atoms with Crippen LogP contribution >= 0.6 is 0 Å². The highest BCUT2D eigenvalue weighted by Crippen LogP contribution is 2.32. The van der Waals surface area contributed by atoms with Crippen molar-refractivity contribution >= 4 is 17.6 Å². The Morgan fingerprint density at radius 1 is 1.10 bits per heavy atom. The maximum absolute atomic E-state index is 12.7. The van der Waals surface area contributed by atoms with Gasteiger partial charge in [-0.1, -0.05) is 12.1 Å². The number of esters is 1. The summed E-state index contributed by atoms with van der Waals surface area (Å²) in [6, 6.07) is 14.1. The number of methoxy groups -OCH3 is 2. The van der Waals surface area contributed by atoms with Gasteiger partial charge in [0.05, 0.1) is 38.6 Å². The van der Waals surface area contributed by atoms with Crippen molar-refractivity contribution in [2.75, 3.05) is 39.2 Å². The Morgan fingerprint density at radius 2 is 1.79 bits per heavy atom. The first kappa shape index (κ1) is 20.2. The average Bonchev–Trinajstić information content (AvgIpc) is 3.05. The van der Waals surface area contributed by atoms with Crippen LogP contribution in [0, 0.1) is 0 Å². The molecule has 0 fully saturated rings. The minimum absolute atomic E-state index is 0.0654. The molecule has 0 spiro atoms. The lowest BCUT2D eigenvalue weighted by molar-refractivity contribution is -0.136. The fourth-order valence-electron chi connectivity index (χ4n) is 2.91. The second-order valence-electron chi connectivity index (χ2n) is 6.19. The number of β-amino-alcohol motifs (C(OH)–C–C–N with tert-alkyl or cyclic N) is 1. The quantitative estimate of drug-likeness (QED) is 0.658. The van der Waals surface area contributed by atoms with Gasteiger partial charge in [-0.05, 0) is 36.4 Å². The second-order valence-corrected chi connectivity index (χ2v) is 6.19. The third kappa shape index (κ3) is 4.49. The Kier molecular flexibility index (Phi) is 6.36. The molecule has 0 aromatic heterocycles. The van der Waals surface area contributed by atoms with Crippen molar-refractivity contribution in [2.45, 2.75) is 0 Å². The summed E-state index contributed by atoms with van der Waals surface area (Å²) in [6.07, 6.45) is 0. The van der Waals surface area contributed by atoms with Crippen LogP contribution in [0.25, 0.3) is 0 Å². The Morgan fingerprint density at radius 3 is 2.45 bits per heavy atom. The number of carbonyl (C=O) groups excluding carboxylic acids is 2. The largest absolute Gasteiger partial charge is 0.497 e. The fraction of sp³-hybridized carbons (Fsp3) is 0.238. The molecule has 0 aliphatic carbocycles. The number of carbonyl (C=O) groups is 2. The topological polar surface area (TPSA) is 97.3 Å². The normalized spacial score (nSPS) is 13.5. The number of rotatable bonds is 8. The van der Waals surface area contributed by atoms with Gasteiger partial charge in [0.2, 0.25) is 0 Å². The number of benzene rings is 2. The molecule has 1 aliphatic rings. The van der Waals surface area contributed by atoms with Crippen LogP contribution in [0.3, 0.4) is 0 Å². The standard InChI is InChI=1S/C21H22N2O6/c1-27-14-7-9-15(10-8-14)29-18-6-4-3-5-17(18)22-19-16(21(26)28-2)13-23(11-12-24)20(19)25/h3-10,22,24H,11-13H2,1-2H3. The summed E-state index contributed by atoms with van der Waals surface area (Å²) in [5, 5.41) is 12.2. The number of hydrogen-bond acceptors (Lipinski definition) is 7. The molecule has 1 aliphatic heterocycles. The van der Waals surface area contributed by atoms with E-state index in [1.165, 1.54) is 12.0 Å². The van der Waals surface area contributed by atoms with Gasteiger partial charge in [-0.3, -0.25) is 4.79 Å². The number of amides is 1. The van der Waals surface area contributed by atoms with Crippen LogP contribution in [-0.4, -0.2) is 55.8 Å². The lowest BCUT2D eigenvalue weighted by Gasteiger charge is -2.16. The molecule has 0 atom stereocenters. The van der Waals surface area contributed by atoms with Gasteiger partial charge in [-0.15, -0.1) is 0 Å². The van der Waals surface area contributed by atoms with Gasteiger partial charge in [-0.25, -0.2) is 4.79 Å². The highest BCUT2D eigenvalue weighted by atomic mass is 16.5. The van der Waals surface area contributed by atoms with E-state index in [9.17, 15) is 14.7 Å². The number of hydrogen-bond donors (Lipinski definition) is 2. The molecule has 2 N–H and O–H groups in total. The van der Waals surface area contributed by atoms with Crippen molar-refractivity contribution in [3.63, 3.8) is 0 Å². The van der Waals surface area contributed by atoms with E-state index < -0.39 is 11.9 Å². The molecule has 1 amide bonds. The molecule has 2 aromatic carbocycles. The van der Waals surface area contributed by atoms with E-state index in [4.69, 9.17) is 14.2 Å². The highest BCUT2D eigenvalue weighted by molar-refractivity contribution is 6.08. The summed E-state index contributed by atoms with van der Waals surface area (Å²) in [7, 11) is 2.84. The summed E-state index contributed by atoms with van der Waals surface area (Å²) in [4.78, 5) is 26.2. The highest BCUT2D eigenvalue weighted by Gasteiger charge is 2.34. The van der Waals surface area contributed by atoms with E-state index in [2.05, 4.69) is 5.32 Å². The summed E-state index contributed by atoms with van der Waals surface area (Å²) in [5.74, 6) is 0.773. The lowest BCUT2D eigenvalue weighted by atomic mass is 10.2. The van der Waals surface area contributed by atoms with Crippen molar-refractivity contribution < 1.29 is 28.9 Å². The van der Waals surface area contributed by atoms with E-state index in [1.807, 2.05) is 0 Å². The summed E-state index contributed by atoms with van der Waals surface area (Å²) in [5.41, 5.74) is 0.820. The molecule has 152 valence electrons. The van der Waals surface area contributed by atoms with Gasteiger partial charge in [-0.2, -0.15) is 0 Å². The molecule has 3 rings (SSSR count). The van der Waals surface area contributed by atoms with Crippen LogP contribution in [0.5, 0.6) is 17.2 Å². The average molecular weight is 398 g/mol. The third-order valence-corrected chi connectivity index (χ3v) is 4.39. The summed E-state index contributed by atoms with van der Waals surface area (Å²) < 4.78 is 15.9. The predicted octanol–water partition coefficient (Wildman–Crippen LogP) is 2.16. The first-order valence-corrected chi connectivity index (χ1v) is 8.97. The monoisotopic (exact) mass is 398 g/mol. The molecule has 0 radical (unpaired) electrons. The molecule has 0 unspecified atom stereocenters. The summed E-state index contributed by atoms with van der Waals surface area (Å²) in [6.45, 7) is -0.0188. The molecule has 2 aromatic rings. The first-order chi connectivity index (χ1) is 14.1. The zero-order valence-corrected chi connectivity index (χ0v) is 16.2. The van der Waals surface area contributed by atoms with Crippen LogP contribution in [0.4, 0.5) is 5.69 Å². The number of aliphatic hydroxyl groups is 1. The SMILES string of the molecule is COC(=O)C1=C(Nc2ccccc2Oc2ccc(OC)cc2)C(=O)N(CCO)C1. The molecule has 0 saturated heterocycles. The van der Waals surface area contributed by atoms with Gasteiger partial charge in [0.1, 0.15) is 17.2 Å². The number of nitrogens with one attached hydrogen (secondary N) is 1. The minimum atomic E-state index is -0.602. The van der Waals surface area contributed by atoms with Crippen molar-refractivity contribution in [3.05, 3.63) is 59.8 Å². The number of ether oxygens (including phenoxy) is 3. The van der Waals surface area contributed by atoms with Crippen LogP contribution in [0.1, 0.15) is 0 Å². The van der Waals surface area contributed by atoms with E-state index >= 15 is 0 Å². The smallest absolute Gasteiger partial charge is 0.337 e. The fourth-order valence-corrected chi connectivity index (χ4v) is 2.91. The molecule has 0 bridgehead atoms. The number of aliphatic hydroxyl groups excluding tert-OH is 1. The molecular formula is C21H22N2O6. The van der Waals surface area contributed by atoms with Crippen molar-refractivity contribution in [1.29, 1.82) is 0 Å². The Bertz CT molecular complexity index is 923. The van der Waals surface area contributed by atoms with Gasteiger partial charge < -0.3 is 29.5 Å². The maximum Gasteiger partial charge on any atom is 0.337 e. The molecular weight excluding hydrogens is 376 g/mol.